The highest BCUT2D eigenvalue weighted by Crippen LogP contribution is 2.32. The molecular weight excluding hydrogens is 266 g/mol. The lowest BCUT2D eigenvalue weighted by molar-refractivity contribution is -0.147. The minimum Gasteiger partial charge on any atom is -0.497 e. The summed E-state index contributed by atoms with van der Waals surface area (Å²) in [5, 5.41) is 12.7. The number of carbonyl (C=O) groups is 1. The van der Waals surface area contributed by atoms with Gasteiger partial charge in [0.05, 0.1) is 12.5 Å². The normalized spacial score (nSPS) is 18.1. The van der Waals surface area contributed by atoms with Gasteiger partial charge in [0, 0.05) is 6.04 Å². The van der Waals surface area contributed by atoms with Crippen LogP contribution >= 0.6 is 0 Å². The Morgan fingerprint density at radius 3 is 2.90 bits per heavy atom. The second-order valence-electron chi connectivity index (χ2n) is 6.40. The number of carboxylic acids is 1. The van der Waals surface area contributed by atoms with Crippen LogP contribution in [0.1, 0.15) is 50.3 Å². The molecule has 1 aliphatic carbocycles. The van der Waals surface area contributed by atoms with Gasteiger partial charge in [-0.05, 0) is 69.3 Å². The molecule has 0 amide bonds. The van der Waals surface area contributed by atoms with Crippen LogP contribution in [-0.2, 0) is 11.2 Å². The molecule has 0 spiro atoms. The maximum Gasteiger partial charge on any atom is 0.309 e. The highest BCUT2D eigenvalue weighted by molar-refractivity contribution is 5.73. The average Bonchev–Trinajstić information content (AvgIpc) is 2.46. The van der Waals surface area contributed by atoms with Crippen molar-refractivity contribution in [3.8, 4) is 5.75 Å². The van der Waals surface area contributed by atoms with E-state index in [2.05, 4.69) is 17.4 Å². The summed E-state index contributed by atoms with van der Waals surface area (Å²) < 4.78 is 5.28. The smallest absolute Gasteiger partial charge is 0.309 e. The number of hydrogen-bond donors (Lipinski definition) is 2. The first kappa shape index (κ1) is 15.8. The SMILES string of the molecule is COc1ccc2c(c1)CCCC2NCCC(C)(C)C(=O)O. The number of fused-ring (bicyclic) bond motifs is 1. The van der Waals surface area contributed by atoms with E-state index in [-0.39, 0.29) is 0 Å². The van der Waals surface area contributed by atoms with Gasteiger partial charge in [-0.1, -0.05) is 6.07 Å². The van der Waals surface area contributed by atoms with Crippen LogP contribution in [0.5, 0.6) is 5.75 Å². The summed E-state index contributed by atoms with van der Waals surface area (Å²) in [7, 11) is 1.69. The average molecular weight is 291 g/mol. The first-order chi connectivity index (χ1) is 9.94. The third-order valence-corrected chi connectivity index (χ3v) is 4.38. The molecular formula is C17H25NO3. The van der Waals surface area contributed by atoms with Crippen molar-refractivity contribution < 1.29 is 14.6 Å². The Kier molecular flexibility index (Phi) is 4.88. The van der Waals surface area contributed by atoms with Crippen LogP contribution in [0.25, 0.3) is 0 Å². The monoisotopic (exact) mass is 291 g/mol. The van der Waals surface area contributed by atoms with Gasteiger partial charge in [0.25, 0.3) is 0 Å². The molecule has 0 bridgehead atoms. The number of aliphatic carboxylic acids is 1. The fourth-order valence-electron chi connectivity index (χ4n) is 2.80. The summed E-state index contributed by atoms with van der Waals surface area (Å²) in [6.45, 7) is 4.27. The van der Waals surface area contributed by atoms with E-state index in [0.29, 0.717) is 12.5 Å². The molecule has 4 nitrogen and oxygen atoms in total. The molecule has 0 radical (unpaired) electrons. The zero-order chi connectivity index (χ0) is 15.5. The minimum atomic E-state index is -0.738. The van der Waals surface area contributed by atoms with Crippen LogP contribution in [-0.4, -0.2) is 24.7 Å². The molecule has 2 N–H and O–H groups in total. The number of methoxy groups -OCH3 is 1. The number of hydrogen-bond acceptors (Lipinski definition) is 3. The Morgan fingerprint density at radius 1 is 1.48 bits per heavy atom. The van der Waals surface area contributed by atoms with E-state index in [1.807, 2.05) is 6.07 Å². The molecule has 0 fully saturated rings. The van der Waals surface area contributed by atoms with Crippen molar-refractivity contribution in [2.75, 3.05) is 13.7 Å². The van der Waals surface area contributed by atoms with Crippen LogP contribution in [0.15, 0.2) is 18.2 Å². The van der Waals surface area contributed by atoms with Crippen molar-refractivity contribution in [1.29, 1.82) is 0 Å². The molecule has 21 heavy (non-hydrogen) atoms. The first-order valence-electron chi connectivity index (χ1n) is 7.57. The Hall–Kier alpha value is -1.55. The number of ether oxygens (including phenoxy) is 1. The number of carboxylic acid groups (broad SMARTS) is 1. The van der Waals surface area contributed by atoms with Gasteiger partial charge in [0.1, 0.15) is 5.75 Å². The molecule has 0 aromatic heterocycles. The standard InChI is InChI=1S/C17H25NO3/c1-17(2,16(19)20)9-10-18-15-6-4-5-12-11-13(21-3)7-8-14(12)15/h7-8,11,15,18H,4-6,9-10H2,1-3H3,(H,19,20). The largest absolute Gasteiger partial charge is 0.497 e. The van der Waals surface area contributed by atoms with E-state index in [4.69, 9.17) is 9.84 Å². The van der Waals surface area contributed by atoms with Gasteiger partial charge in [0.2, 0.25) is 0 Å². The highest BCUT2D eigenvalue weighted by Gasteiger charge is 2.27. The number of aryl methyl sites for hydroxylation is 1. The van der Waals surface area contributed by atoms with E-state index in [1.165, 1.54) is 11.1 Å². The maximum absolute atomic E-state index is 11.1. The summed E-state index contributed by atoms with van der Waals surface area (Å²) in [6.07, 6.45) is 3.97. The van der Waals surface area contributed by atoms with Gasteiger partial charge in [-0.25, -0.2) is 0 Å². The molecule has 0 aliphatic heterocycles. The molecule has 0 saturated carbocycles. The summed E-state index contributed by atoms with van der Waals surface area (Å²) in [5.41, 5.74) is 2.00. The lowest BCUT2D eigenvalue weighted by Crippen LogP contribution is -2.32. The van der Waals surface area contributed by atoms with Gasteiger partial charge in [-0.15, -0.1) is 0 Å². The van der Waals surface area contributed by atoms with E-state index < -0.39 is 11.4 Å². The second-order valence-corrected chi connectivity index (χ2v) is 6.40. The zero-order valence-corrected chi connectivity index (χ0v) is 13.1. The Balaban J connectivity index is 1.99. The minimum absolute atomic E-state index is 0.323. The van der Waals surface area contributed by atoms with Crippen molar-refractivity contribution >= 4 is 5.97 Å². The molecule has 2 rings (SSSR count). The molecule has 116 valence electrons. The molecule has 1 atom stereocenters. The quantitative estimate of drug-likeness (QED) is 0.845. The predicted molar refractivity (Wildman–Crippen MR) is 82.7 cm³/mol. The van der Waals surface area contributed by atoms with Gasteiger partial charge < -0.3 is 15.2 Å². The van der Waals surface area contributed by atoms with E-state index >= 15 is 0 Å². The van der Waals surface area contributed by atoms with Crippen LogP contribution in [0.3, 0.4) is 0 Å². The van der Waals surface area contributed by atoms with Crippen molar-refractivity contribution in [2.24, 2.45) is 5.41 Å². The topological polar surface area (TPSA) is 58.6 Å². The lowest BCUT2D eigenvalue weighted by Gasteiger charge is -2.28. The van der Waals surface area contributed by atoms with Crippen LogP contribution in [0.2, 0.25) is 0 Å². The van der Waals surface area contributed by atoms with Crippen molar-refractivity contribution in [2.45, 2.75) is 45.6 Å². The van der Waals surface area contributed by atoms with Crippen LogP contribution < -0.4 is 10.1 Å². The number of benzene rings is 1. The maximum atomic E-state index is 11.1. The molecule has 1 aromatic rings. The highest BCUT2D eigenvalue weighted by atomic mass is 16.5. The molecule has 1 unspecified atom stereocenters. The van der Waals surface area contributed by atoms with E-state index in [1.54, 1.807) is 21.0 Å². The fraction of sp³-hybridized carbons (Fsp3) is 0.588. The van der Waals surface area contributed by atoms with Gasteiger partial charge >= 0.3 is 5.97 Å². The Morgan fingerprint density at radius 2 is 2.24 bits per heavy atom. The number of nitrogens with one attached hydrogen (secondary N) is 1. The van der Waals surface area contributed by atoms with Gasteiger partial charge in [0.15, 0.2) is 0 Å². The van der Waals surface area contributed by atoms with E-state index in [0.717, 1.165) is 31.6 Å². The summed E-state index contributed by atoms with van der Waals surface area (Å²) in [4.78, 5) is 11.1. The predicted octanol–water partition coefficient (Wildman–Crippen LogP) is 3.16. The third kappa shape index (κ3) is 3.76. The zero-order valence-electron chi connectivity index (χ0n) is 13.1. The van der Waals surface area contributed by atoms with Crippen LogP contribution in [0.4, 0.5) is 0 Å². The van der Waals surface area contributed by atoms with E-state index in [9.17, 15) is 4.79 Å². The lowest BCUT2D eigenvalue weighted by atomic mass is 9.86. The summed E-state index contributed by atoms with van der Waals surface area (Å²) >= 11 is 0. The molecule has 0 heterocycles. The van der Waals surface area contributed by atoms with Crippen LogP contribution in [0, 0.1) is 5.41 Å². The summed E-state index contributed by atoms with van der Waals surface area (Å²) in [6, 6.07) is 6.57. The van der Waals surface area contributed by atoms with Crippen molar-refractivity contribution in [3.05, 3.63) is 29.3 Å². The third-order valence-electron chi connectivity index (χ3n) is 4.38. The molecule has 0 saturated heterocycles. The fourth-order valence-corrected chi connectivity index (χ4v) is 2.80. The first-order valence-corrected chi connectivity index (χ1v) is 7.57. The van der Waals surface area contributed by atoms with Crippen molar-refractivity contribution in [3.63, 3.8) is 0 Å². The molecule has 1 aliphatic rings. The molecule has 1 aromatic carbocycles. The Labute approximate surface area is 126 Å². The van der Waals surface area contributed by atoms with Gasteiger partial charge in [-0.2, -0.15) is 0 Å². The Bertz CT molecular complexity index is 511. The summed E-state index contributed by atoms with van der Waals surface area (Å²) in [5.74, 6) is 0.166. The van der Waals surface area contributed by atoms with Crippen molar-refractivity contribution in [1.82, 2.24) is 5.32 Å². The van der Waals surface area contributed by atoms with Gasteiger partial charge in [-0.3, -0.25) is 4.79 Å². The molecule has 4 heteroatoms. The second kappa shape index (κ2) is 6.48. The number of rotatable bonds is 6.